The minimum absolute atomic E-state index is 0.0223. The molecule has 110 valence electrons. The van der Waals surface area contributed by atoms with Gasteiger partial charge in [0, 0.05) is 37.5 Å². The summed E-state index contributed by atoms with van der Waals surface area (Å²) in [7, 11) is 0. The first kappa shape index (κ1) is 14.9. The van der Waals surface area contributed by atoms with Gasteiger partial charge in [0.25, 0.3) is 5.91 Å². The number of nitrogens with zero attached hydrogens (tertiary/aromatic N) is 2. The topological polar surface area (TPSA) is 88.3 Å². The summed E-state index contributed by atoms with van der Waals surface area (Å²) in [5.41, 5.74) is 5.97. The number of hydrogen-bond donors (Lipinski definition) is 2. The molecule has 0 spiro atoms. The average molecular weight is 296 g/mol. The van der Waals surface area contributed by atoms with E-state index in [0.29, 0.717) is 44.7 Å². The molecule has 6 nitrogen and oxygen atoms in total. The molecule has 1 aromatic heterocycles. The predicted octanol–water partition coefficient (Wildman–Crippen LogP) is 0.590. The number of carbonyl (C=O) groups is 2. The lowest BCUT2D eigenvalue weighted by Gasteiger charge is -2.30. The maximum atomic E-state index is 12.3. The first-order chi connectivity index (χ1) is 9.65. The van der Waals surface area contributed by atoms with Crippen molar-refractivity contribution in [3.8, 4) is 0 Å². The molecule has 2 heterocycles. The minimum atomic E-state index is -0.0599. The van der Waals surface area contributed by atoms with E-state index < -0.39 is 0 Å². The molecule has 7 heteroatoms. The molecule has 1 aliphatic heterocycles. The van der Waals surface area contributed by atoms with Crippen LogP contribution >= 0.6 is 11.3 Å². The van der Waals surface area contributed by atoms with Crippen LogP contribution in [0.15, 0.2) is 5.38 Å². The summed E-state index contributed by atoms with van der Waals surface area (Å²) >= 11 is 1.41. The third kappa shape index (κ3) is 3.34. The summed E-state index contributed by atoms with van der Waals surface area (Å²) in [6.07, 6.45) is 1.43. The van der Waals surface area contributed by atoms with Crippen LogP contribution in [0.2, 0.25) is 0 Å². The van der Waals surface area contributed by atoms with E-state index in [1.54, 1.807) is 10.3 Å². The van der Waals surface area contributed by atoms with E-state index in [1.165, 1.54) is 11.3 Å². The van der Waals surface area contributed by atoms with E-state index in [0.717, 1.165) is 5.01 Å². The van der Waals surface area contributed by atoms with E-state index in [1.807, 2.05) is 6.92 Å². The lowest BCUT2D eigenvalue weighted by atomic mass is 9.96. The van der Waals surface area contributed by atoms with E-state index in [9.17, 15) is 9.59 Å². The standard InChI is InChI=1S/C13H20N4O2S/c1-2-15-12(18)9-3-5-17(6-4-9)13(19)10-8-20-11(7-14)16-10/h8-9H,2-7,14H2,1H3,(H,15,18). The molecule has 0 aromatic carbocycles. The highest BCUT2D eigenvalue weighted by Crippen LogP contribution is 2.20. The third-order valence-electron chi connectivity index (χ3n) is 3.45. The van der Waals surface area contributed by atoms with E-state index in [2.05, 4.69) is 10.3 Å². The second-order valence-corrected chi connectivity index (χ2v) is 5.73. The number of rotatable bonds is 4. The van der Waals surface area contributed by atoms with Gasteiger partial charge < -0.3 is 16.0 Å². The molecule has 0 atom stereocenters. The molecule has 0 unspecified atom stereocenters. The number of nitrogens with one attached hydrogen (secondary N) is 1. The molecule has 1 aromatic rings. The number of piperidine rings is 1. The predicted molar refractivity (Wildman–Crippen MR) is 77.3 cm³/mol. The summed E-state index contributed by atoms with van der Waals surface area (Å²) < 4.78 is 0. The molecule has 1 saturated heterocycles. The lowest BCUT2D eigenvalue weighted by molar-refractivity contribution is -0.126. The fraction of sp³-hybridized carbons (Fsp3) is 0.615. The first-order valence-corrected chi connectivity index (χ1v) is 7.75. The third-order valence-corrected chi connectivity index (χ3v) is 4.32. The molecule has 2 amide bonds. The van der Waals surface area contributed by atoms with Crippen molar-refractivity contribution >= 4 is 23.2 Å². The Morgan fingerprint density at radius 1 is 1.50 bits per heavy atom. The SMILES string of the molecule is CCNC(=O)C1CCN(C(=O)c2csc(CN)n2)CC1. The molecule has 3 N–H and O–H groups in total. The lowest BCUT2D eigenvalue weighted by Crippen LogP contribution is -2.43. The van der Waals surface area contributed by atoms with Crippen LogP contribution in [-0.4, -0.2) is 41.3 Å². The average Bonchev–Trinajstić information content (AvgIpc) is 2.96. The quantitative estimate of drug-likeness (QED) is 0.851. The summed E-state index contributed by atoms with van der Waals surface area (Å²) in [6, 6.07) is 0. The van der Waals surface area contributed by atoms with Crippen LogP contribution < -0.4 is 11.1 Å². The first-order valence-electron chi connectivity index (χ1n) is 6.87. The monoisotopic (exact) mass is 296 g/mol. The van der Waals surface area contributed by atoms with Crippen molar-refractivity contribution in [1.82, 2.24) is 15.2 Å². The fourth-order valence-electron chi connectivity index (χ4n) is 2.33. The molecule has 0 saturated carbocycles. The Balaban J connectivity index is 1.90. The Labute approximate surface area is 122 Å². The molecule has 1 aliphatic rings. The van der Waals surface area contributed by atoms with Crippen LogP contribution in [0.5, 0.6) is 0 Å². The van der Waals surface area contributed by atoms with Gasteiger partial charge in [-0.3, -0.25) is 9.59 Å². The van der Waals surface area contributed by atoms with Crippen molar-refractivity contribution in [2.75, 3.05) is 19.6 Å². The summed E-state index contributed by atoms with van der Waals surface area (Å²) in [6.45, 7) is 4.13. The van der Waals surface area contributed by atoms with Gasteiger partial charge in [0.15, 0.2) is 0 Å². The summed E-state index contributed by atoms with van der Waals surface area (Å²) in [5, 5.41) is 5.35. The Bertz CT molecular complexity index is 480. The van der Waals surface area contributed by atoms with Crippen molar-refractivity contribution < 1.29 is 9.59 Å². The summed E-state index contributed by atoms with van der Waals surface area (Å²) in [4.78, 5) is 30.0. The van der Waals surface area contributed by atoms with Crippen molar-refractivity contribution in [1.29, 1.82) is 0 Å². The number of aromatic nitrogens is 1. The molecule has 1 fully saturated rings. The zero-order chi connectivity index (χ0) is 14.5. The van der Waals surface area contributed by atoms with Crippen LogP contribution in [0.4, 0.5) is 0 Å². The van der Waals surface area contributed by atoms with Crippen LogP contribution in [0.25, 0.3) is 0 Å². The second-order valence-electron chi connectivity index (χ2n) is 4.79. The van der Waals surface area contributed by atoms with Crippen LogP contribution in [0, 0.1) is 5.92 Å². The molecule has 0 aliphatic carbocycles. The van der Waals surface area contributed by atoms with Gasteiger partial charge in [-0.15, -0.1) is 11.3 Å². The van der Waals surface area contributed by atoms with Crippen molar-refractivity contribution in [3.05, 3.63) is 16.1 Å². The number of thiazole rings is 1. The van der Waals surface area contributed by atoms with Gasteiger partial charge in [-0.2, -0.15) is 0 Å². The van der Waals surface area contributed by atoms with Gasteiger partial charge >= 0.3 is 0 Å². The van der Waals surface area contributed by atoms with Gasteiger partial charge in [-0.1, -0.05) is 0 Å². The van der Waals surface area contributed by atoms with Crippen molar-refractivity contribution in [2.24, 2.45) is 11.7 Å². The van der Waals surface area contributed by atoms with Crippen molar-refractivity contribution in [3.63, 3.8) is 0 Å². The molecular formula is C13H20N4O2S. The maximum Gasteiger partial charge on any atom is 0.273 e. The van der Waals surface area contributed by atoms with Crippen LogP contribution in [-0.2, 0) is 11.3 Å². The Hall–Kier alpha value is -1.47. The zero-order valence-corrected chi connectivity index (χ0v) is 12.4. The molecule has 2 rings (SSSR count). The van der Waals surface area contributed by atoms with E-state index >= 15 is 0 Å². The van der Waals surface area contributed by atoms with Gasteiger partial charge in [-0.05, 0) is 19.8 Å². The second kappa shape index (κ2) is 6.81. The highest BCUT2D eigenvalue weighted by molar-refractivity contribution is 7.09. The van der Waals surface area contributed by atoms with E-state index in [-0.39, 0.29) is 17.7 Å². The van der Waals surface area contributed by atoms with Crippen LogP contribution in [0.3, 0.4) is 0 Å². The minimum Gasteiger partial charge on any atom is -0.356 e. The molecule has 20 heavy (non-hydrogen) atoms. The smallest absolute Gasteiger partial charge is 0.273 e. The van der Waals surface area contributed by atoms with Gasteiger partial charge in [0.1, 0.15) is 10.7 Å². The highest BCUT2D eigenvalue weighted by Gasteiger charge is 2.28. The zero-order valence-electron chi connectivity index (χ0n) is 11.6. The number of hydrogen-bond acceptors (Lipinski definition) is 5. The number of carbonyl (C=O) groups excluding carboxylic acids is 2. The van der Waals surface area contributed by atoms with E-state index in [4.69, 9.17) is 5.73 Å². The van der Waals surface area contributed by atoms with Gasteiger partial charge in [0.2, 0.25) is 5.91 Å². The van der Waals surface area contributed by atoms with Crippen LogP contribution in [0.1, 0.15) is 35.3 Å². The Kier molecular flexibility index (Phi) is 5.08. The highest BCUT2D eigenvalue weighted by atomic mass is 32.1. The fourth-order valence-corrected chi connectivity index (χ4v) is 2.98. The normalized spacial score (nSPS) is 16.2. The summed E-state index contributed by atoms with van der Waals surface area (Å²) in [5.74, 6) is 0.0583. The number of amides is 2. The Morgan fingerprint density at radius 2 is 2.20 bits per heavy atom. The van der Waals surface area contributed by atoms with Crippen molar-refractivity contribution in [2.45, 2.75) is 26.3 Å². The van der Waals surface area contributed by atoms with Gasteiger partial charge in [-0.25, -0.2) is 4.98 Å². The Morgan fingerprint density at radius 3 is 2.75 bits per heavy atom. The largest absolute Gasteiger partial charge is 0.356 e. The molecular weight excluding hydrogens is 276 g/mol. The molecule has 0 radical (unpaired) electrons. The number of likely N-dealkylation sites (tertiary alicyclic amines) is 1. The maximum absolute atomic E-state index is 12.3. The number of nitrogens with two attached hydrogens (primary N) is 1. The molecule has 0 bridgehead atoms. The van der Waals surface area contributed by atoms with Gasteiger partial charge in [0.05, 0.1) is 0 Å².